The summed E-state index contributed by atoms with van der Waals surface area (Å²) in [5.74, 6) is -0.602. The quantitative estimate of drug-likeness (QED) is 0.357. The van der Waals surface area contributed by atoms with E-state index in [9.17, 15) is 14.7 Å². The lowest BCUT2D eigenvalue weighted by atomic mass is 9.89. The molecule has 1 aliphatic carbocycles. The van der Waals surface area contributed by atoms with Gasteiger partial charge in [0, 0.05) is 18.6 Å². The number of ketones is 1. The number of Topliss-reactive ketones (excluding diaryl/α,β-unsaturated/α-hetero) is 1. The van der Waals surface area contributed by atoms with Crippen molar-refractivity contribution < 1.29 is 19.4 Å². The normalized spacial score (nSPS) is 20.3. The molecule has 1 fully saturated rings. The van der Waals surface area contributed by atoms with Gasteiger partial charge in [-0.15, -0.1) is 6.58 Å². The first kappa shape index (κ1) is 15.1. The van der Waals surface area contributed by atoms with Crippen molar-refractivity contribution in [1.29, 1.82) is 0 Å². The van der Waals surface area contributed by atoms with E-state index in [1.54, 1.807) is 6.08 Å². The fourth-order valence-electron chi connectivity index (χ4n) is 1.94. The summed E-state index contributed by atoms with van der Waals surface area (Å²) in [6, 6.07) is 0. The van der Waals surface area contributed by atoms with Crippen molar-refractivity contribution >= 4 is 17.5 Å². The molecule has 0 unspecified atom stereocenters. The first-order chi connectivity index (χ1) is 9.10. The molecule has 0 spiro atoms. The van der Waals surface area contributed by atoms with Crippen LogP contribution in [-0.4, -0.2) is 36.2 Å². The summed E-state index contributed by atoms with van der Waals surface area (Å²) in [7, 11) is 1.29. The Kier molecular flexibility index (Phi) is 5.99. The van der Waals surface area contributed by atoms with Gasteiger partial charge in [-0.3, -0.25) is 14.6 Å². The molecular formula is C14H19NO4. The van der Waals surface area contributed by atoms with Crippen molar-refractivity contribution in [2.75, 3.05) is 13.7 Å². The van der Waals surface area contributed by atoms with Crippen LogP contribution >= 0.6 is 0 Å². The molecule has 0 bridgehead atoms. The zero-order chi connectivity index (χ0) is 14.3. The summed E-state index contributed by atoms with van der Waals surface area (Å²) in [6.45, 7) is 3.99. The fourth-order valence-corrected chi connectivity index (χ4v) is 1.94. The number of aliphatic hydroxyl groups is 1. The molecule has 1 aliphatic rings. The van der Waals surface area contributed by atoms with Gasteiger partial charge < -0.3 is 9.84 Å². The zero-order valence-electron chi connectivity index (χ0n) is 11.1. The first-order valence-corrected chi connectivity index (χ1v) is 6.26. The summed E-state index contributed by atoms with van der Waals surface area (Å²) in [5.41, 5.74) is 0.885. The van der Waals surface area contributed by atoms with Gasteiger partial charge in [0.1, 0.15) is 5.76 Å². The van der Waals surface area contributed by atoms with Gasteiger partial charge in [-0.1, -0.05) is 6.08 Å². The van der Waals surface area contributed by atoms with Crippen molar-refractivity contribution in [2.24, 2.45) is 4.99 Å². The number of hydrogen-bond donors (Lipinski definition) is 1. The monoisotopic (exact) mass is 265 g/mol. The van der Waals surface area contributed by atoms with Crippen molar-refractivity contribution in [3.8, 4) is 0 Å². The maximum absolute atomic E-state index is 11.9. The maximum Gasteiger partial charge on any atom is 0.305 e. The Bertz CT molecular complexity index is 435. The maximum atomic E-state index is 11.9. The van der Waals surface area contributed by atoms with E-state index in [2.05, 4.69) is 16.3 Å². The number of ether oxygens (including phenoxy) is 1. The number of allylic oxidation sites excluding steroid dienone is 2. The lowest BCUT2D eigenvalue weighted by Crippen LogP contribution is -2.22. The Morgan fingerprint density at radius 1 is 1.47 bits per heavy atom. The first-order valence-electron chi connectivity index (χ1n) is 6.26. The molecule has 0 aromatic rings. The summed E-state index contributed by atoms with van der Waals surface area (Å²) in [5, 5.41) is 10.0. The largest absolute Gasteiger partial charge is 0.511 e. The highest BCUT2D eigenvalue weighted by Gasteiger charge is 2.25. The minimum atomic E-state index is -0.417. The predicted molar refractivity (Wildman–Crippen MR) is 72.3 cm³/mol. The Hall–Kier alpha value is -1.91. The van der Waals surface area contributed by atoms with Crippen LogP contribution in [0.15, 0.2) is 29.0 Å². The van der Waals surface area contributed by atoms with Crippen LogP contribution in [-0.2, 0) is 14.3 Å². The number of esters is 1. The number of aliphatic hydroxyl groups excluding tert-OH is 1. The molecule has 0 radical (unpaired) electrons. The van der Waals surface area contributed by atoms with Gasteiger partial charge in [-0.25, -0.2) is 0 Å². The van der Waals surface area contributed by atoms with Crippen LogP contribution in [0, 0.1) is 0 Å². The molecule has 104 valence electrons. The highest BCUT2D eigenvalue weighted by molar-refractivity contribution is 6.24. The summed E-state index contributed by atoms with van der Waals surface area (Å²) >= 11 is 0. The van der Waals surface area contributed by atoms with E-state index in [0.29, 0.717) is 25.1 Å². The molecule has 0 heterocycles. The summed E-state index contributed by atoms with van der Waals surface area (Å²) < 4.78 is 4.51. The number of aliphatic imine (C=N–C) groups is 1. The third-order valence-electron chi connectivity index (χ3n) is 2.88. The van der Waals surface area contributed by atoms with Crippen LogP contribution < -0.4 is 0 Å². The molecule has 1 rings (SSSR count). The molecule has 1 saturated carbocycles. The third kappa shape index (κ3) is 4.35. The van der Waals surface area contributed by atoms with Gasteiger partial charge in [-0.05, 0) is 12.8 Å². The highest BCUT2D eigenvalue weighted by atomic mass is 16.5. The van der Waals surface area contributed by atoms with E-state index < -0.39 is 5.97 Å². The van der Waals surface area contributed by atoms with Crippen LogP contribution in [0.25, 0.3) is 0 Å². The second-order valence-electron chi connectivity index (χ2n) is 4.25. The van der Waals surface area contributed by atoms with Gasteiger partial charge in [-0.2, -0.15) is 0 Å². The topological polar surface area (TPSA) is 76.0 Å². The molecule has 1 N–H and O–H groups in total. The van der Waals surface area contributed by atoms with Crippen molar-refractivity contribution in [3.05, 3.63) is 24.0 Å². The third-order valence-corrected chi connectivity index (χ3v) is 2.88. The van der Waals surface area contributed by atoms with Crippen LogP contribution in [0.3, 0.4) is 0 Å². The van der Waals surface area contributed by atoms with Crippen LogP contribution in [0.2, 0.25) is 0 Å². The van der Waals surface area contributed by atoms with E-state index in [-0.39, 0.29) is 30.0 Å². The minimum Gasteiger partial charge on any atom is -0.511 e. The lowest BCUT2D eigenvalue weighted by molar-refractivity contribution is -0.140. The SMILES string of the molecule is C=CCN=C1CCCC(=O)C1=C(O)CCC(=O)OC. The van der Waals surface area contributed by atoms with Gasteiger partial charge in [0.05, 0.1) is 25.6 Å². The smallest absolute Gasteiger partial charge is 0.305 e. The molecule has 0 atom stereocenters. The standard InChI is InChI=1S/C14H19NO4/c1-3-9-15-10-5-4-6-11(16)14(10)12(17)7-8-13(18)19-2/h3,17H,1,4-9H2,2H3. The molecular weight excluding hydrogens is 246 g/mol. The van der Waals surface area contributed by atoms with Crippen molar-refractivity contribution in [1.82, 2.24) is 0 Å². The average molecular weight is 265 g/mol. The zero-order valence-corrected chi connectivity index (χ0v) is 11.1. The van der Waals surface area contributed by atoms with E-state index in [1.807, 2.05) is 0 Å². The van der Waals surface area contributed by atoms with E-state index in [4.69, 9.17) is 0 Å². The summed E-state index contributed by atoms with van der Waals surface area (Å²) in [6.07, 6.45) is 3.59. The fraction of sp³-hybridized carbons (Fsp3) is 0.500. The second kappa shape index (κ2) is 7.51. The molecule has 0 saturated heterocycles. The van der Waals surface area contributed by atoms with Gasteiger partial charge >= 0.3 is 5.97 Å². The number of rotatable bonds is 5. The van der Waals surface area contributed by atoms with Crippen molar-refractivity contribution in [2.45, 2.75) is 32.1 Å². The molecule has 5 heteroatoms. The number of hydrogen-bond acceptors (Lipinski definition) is 5. The van der Waals surface area contributed by atoms with Gasteiger partial charge in [0.2, 0.25) is 0 Å². The van der Waals surface area contributed by atoms with Crippen LogP contribution in [0.5, 0.6) is 0 Å². The minimum absolute atomic E-state index is 0.0495. The molecule has 0 aliphatic heterocycles. The second-order valence-corrected chi connectivity index (χ2v) is 4.25. The van der Waals surface area contributed by atoms with Crippen molar-refractivity contribution in [3.63, 3.8) is 0 Å². The van der Waals surface area contributed by atoms with Gasteiger partial charge in [0.25, 0.3) is 0 Å². The van der Waals surface area contributed by atoms with E-state index in [0.717, 1.165) is 6.42 Å². The number of carbonyl (C=O) groups is 2. The average Bonchev–Trinajstić information content (AvgIpc) is 2.42. The summed E-state index contributed by atoms with van der Waals surface area (Å²) in [4.78, 5) is 27.2. The number of nitrogens with zero attached hydrogens (tertiary/aromatic N) is 1. The Morgan fingerprint density at radius 2 is 2.21 bits per heavy atom. The lowest BCUT2D eigenvalue weighted by Gasteiger charge is -2.17. The molecule has 0 aromatic heterocycles. The number of carbonyl (C=O) groups excluding carboxylic acids is 2. The van der Waals surface area contributed by atoms with E-state index in [1.165, 1.54) is 7.11 Å². The van der Waals surface area contributed by atoms with Crippen LogP contribution in [0.4, 0.5) is 0 Å². The Morgan fingerprint density at radius 3 is 2.84 bits per heavy atom. The number of methoxy groups -OCH3 is 1. The molecule has 0 aromatic carbocycles. The highest BCUT2D eigenvalue weighted by Crippen LogP contribution is 2.22. The van der Waals surface area contributed by atoms with E-state index >= 15 is 0 Å². The molecule has 0 amide bonds. The Labute approximate surface area is 112 Å². The van der Waals surface area contributed by atoms with Gasteiger partial charge in [0.15, 0.2) is 5.78 Å². The predicted octanol–water partition coefficient (Wildman–Crippen LogP) is 2.13. The molecule has 5 nitrogen and oxygen atoms in total. The van der Waals surface area contributed by atoms with Crippen LogP contribution in [0.1, 0.15) is 32.1 Å². The molecule has 19 heavy (non-hydrogen) atoms. The Balaban J connectivity index is 2.90.